The van der Waals surface area contributed by atoms with E-state index in [1.54, 1.807) is 0 Å². The molecule has 6 heteroatoms. The Morgan fingerprint density at radius 2 is 1.96 bits per heavy atom. The van der Waals surface area contributed by atoms with Gasteiger partial charge in [0, 0.05) is 37.2 Å². The van der Waals surface area contributed by atoms with E-state index in [0.29, 0.717) is 18.9 Å². The molecule has 1 aromatic carbocycles. The minimum absolute atomic E-state index is 0.140. The number of nitrogens with one attached hydrogen (secondary N) is 1. The summed E-state index contributed by atoms with van der Waals surface area (Å²) in [5.41, 5.74) is 3.17. The maximum absolute atomic E-state index is 12.8. The molecule has 0 bridgehead atoms. The molecule has 1 saturated carbocycles. The number of aromatic nitrogens is 2. The molecule has 4 rings (SSSR count). The van der Waals surface area contributed by atoms with Crippen LogP contribution in [0.2, 0.25) is 0 Å². The average Bonchev–Trinajstić information content (AvgIpc) is 3.47. The first kappa shape index (κ1) is 18.7. The normalized spacial score (nSPS) is 16.2. The number of amides is 2. The highest BCUT2D eigenvalue weighted by atomic mass is 16.2. The van der Waals surface area contributed by atoms with Crippen LogP contribution in [0, 0.1) is 5.92 Å². The van der Waals surface area contributed by atoms with Gasteiger partial charge >= 0.3 is 0 Å². The van der Waals surface area contributed by atoms with Gasteiger partial charge in [-0.05, 0) is 38.7 Å². The van der Waals surface area contributed by atoms with Crippen molar-refractivity contribution in [3.63, 3.8) is 0 Å². The second kappa shape index (κ2) is 7.78. The van der Waals surface area contributed by atoms with Crippen molar-refractivity contribution in [2.45, 2.75) is 52.1 Å². The van der Waals surface area contributed by atoms with Crippen molar-refractivity contribution >= 4 is 11.8 Å². The topological polar surface area (TPSA) is 67.2 Å². The molecule has 2 aliphatic rings. The number of nitrogens with zero attached hydrogens (tertiary/aromatic N) is 3. The van der Waals surface area contributed by atoms with Crippen molar-refractivity contribution in [1.29, 1.82) is 0 Å². The van der Waals surface area contributed by atoms with Gasteiger partial charge in [-0.2, -0.15) is 0 Å². The van der Waals surface area contributed by atoms with Crippen LogP contribution in [-0.2, 0) is 24.2 Å². The van der Waals surface area contributed by atoms with Gasteiger partial charge in [0.25, 0.3) is 5.91 Å². The summed E-state index contributed by atoms with van der Waals surface area (Å²) in [6, 6.07) is 10.3. The fraction of sp³-hybridized carbons (Fsp3) is 0.500. The van der Waals surface area contributed by atoms with Crippen LogP contribution in [0.5, 0.6) is 0 Å². The van der Waals surface area contributed by atoms with Gasteiger partial charge in [-0.25, -0.2) is 4.98 Å². The Morgan fingerprint density at radius 1 is 1.21 bits per heavy atom. The Kier molecular flexibility index (Phi) is 5.20. The summed E-state index contributed by atoms with van der Waals surface area (Å²) in [6.07, 6.45) is 3.57. The number of rotatable bonds is 6. The summed E-state index contributed by atoms with van der Waals surface area (Å²) >= 11 is 0. The zero-order valence-corrected chi connectivity index (χ0v) is 16.6. The van der Waals surface area contributed by atoms with Gasteiger partial charge in [0.1, 0.15) is 0 Å². The summed E-state index contributed by atoms with van der Waals surface area (Å²) in [5.74, 6) is 0.793. The van der Waals surface area contributed by atoms with Crippen LogP contribution in [0.3, 0.4) is 0 Å². The highest BCUT2D eigenvalue weighted by molar-refractivity contribution is 5.91. The summed E-state index contributed by atoms with van der Waals surface area (Å²) in [6.45, 7) is 5.96. The molecular weight excluding hydrogens is 352 g/mol. The maximum Gasteiger partial charge on any atom is 0.287 e. The van der Waals surface area contributed by atoms with Crippen molar-refractivity contribution in [2.75, 3.05) is 13.1 Å². The smallest absolute Gasteiger partial charge is 0.287 e. The molecule has 0 unspecified atom stereocenters. The van der Waals surface area contributed by atoms with E-state index < -0.39 is 0 Å². The fourth-order valence-electron chi connectivity index (χ4n) is 3.94. The van der Waals surface area contributed by atoms with Gasteiger partial charge in [-0.3, -0.25) is 9.59 Å². The number of hydrogen-bond acceptors (Lipinski definition) is 3. The molecule has 0 saturated heterocycles. The quantitative estimate of drug-likeness (QED) is 0.838. The van der Waals surface area contributed by atoms with E-state index in [1.165, 1.54) is 5.56 Å². The number of benzene rings is 1. The van der Waals surface area contributed by atoms with Crippen LogP contribution >= 0.6 is 0 Å². The molecule has 0 atom stereocenters. The Morgan fingerprint density at radius 3 is 2.64 bits per heavy atom. The second-order valence-electron chi connectivity index (χ2n) is 8.07. The second-order valence-corrected chi connectivity index (χ2v) is 8.07. The van der Waals surface area contributed by atoms with Crippen molar-refractivity contribution in [2.24, 2.45) is 5.92 Å². The van der Waals surface area contributed by atoms with Crippen LogP contribution in [0.4, 0.5) is 0 Å². The molecular formula is C22H28N4O2. The van der Waals surface area contributed by atoms with Crippen LogP contribution in [0.25, 0.3) is 0 Å². The third-order valence-electron chi connectivity index (χ3n) is 5.55. The third kappa shape index (κ3) is 3.81. The largest absolute Gasteiger partial charge is 0.349 e. The van der Waals surface area contributed by atoms with Gasteiger partial charge in [0.15, 0.2) is 5.82 Å². The molecule has 148 valence electrons. The van der Waals surface area contributed by atoms with Crippen LogP contribution in [0.1, 0.15) is 60.3 Å². The highest BCUT2D eigenvalue weighted by Crippen LogP contribution is 2.33. The van der Waals surface area contributed by atoms with Crippen molar-refractivity contribution in [3.8, 4) is 0 Å². The van der Waals surface area contributed by atoms with E-state index in [0.717, 1.165) is 43.6 Å². The Hall–Kier alpha value is -2.63. The standard InChI is InChI=1S/C22H28N4O2/c1-15(2)26-19-11-13-25(22(28)17-8-9-17)14-18(19)24-20(26)21(27)23-12-10-16-6-4-3-5-7-16/h3-7,15,17H,8-14H2,1-2H3,(H,23,27). The average molecular weight is 380 g/mol. The zero-order valence-electron chi connectivity index (χ0n) is 16.6. The minimum atomic E-state index is -0.140. The van der Waals surface area contributed by atoms with Gasteiger partial charge in [-0.15, -0.1) is 0 Å². The summed E-state index contributed by atoms with van der Waals surface area (Å²) < 4.78 is 2.05. The minimum Gasteiger partial charge on any atom is -0.349 e. The lowest BCUT2D eigenvalue weighted by atomic mass is 10.1. The van der Waals surface area contributed by atoms with Crippen LogP contribution in [-0.4, -0.2) is 39.4 Å². The molecule has 28 heavy (non-hydrogen) atoms. The van der Waals surface area contributed by atoms with E-state index in [4.69, 9.17) is 0 Å². The van der Waals surface area contributed by atoms with E-state index in [-0.39, 0.29) is 23.8 Å². The molecule has 2 amide bonds. The molecule has 1 aliphatic carbocycles. The van der Waals surface area contributed by atoms with Crippen molar-refractivity contribution in [1.82, 2.24) is 19.8 Å². The molecule has 6 nitrogen and oxygen atoms in total. The summed E-state index contributed by atoms with van der Waals surface area (Å²) in [5, 5.41) is 3.01. The number of carbonyl (C=O) groups is 2. The predicted octanol–water partition coefficient (Wildman–Crippen LogP) is 2.73. The molecule has 1 fully saturated rings. The van der Waals surface area contributed by atoms with E-state index >= 15 is 0 Å². The number of carbonyl (C=O) groups excluding carboxylic acids is 2. The predicted molar refractivity (Wildman–Crippen MR) is 107 cm³/mol. The van der Waals surface area contributed by atoms with Gasteiger partial charge in [0.05, 0.1) is 12.2 Å². The zero-order chi connectivity index (χ0) is 19.7. The lowest BCUT2D eigenvalue weighted by Gasteiger charge is -2.28. The molecule has 2 aromatic rings. The first-order valence-electron chi connectivity index (χ1n) is 10.3. The van der Waals surface area contributed by atoms with E-state index in [9.17, 15) is 9.59 Å². The monoisotopic (exact) mass is 380 g/mol. The first-order chi connectivity index (χ1) is 13.5. The number of hydrogen-bond donors (Lipinski definition) is 1. The van der Waals surface area contributed by atoms with E-state index in [1.807, 2.05) is 27.7 Å². The fourth-order valence-corrected chi connectivity index (χ4v) is 3.94. The lowest BCUT2D eigenvalue weighted by molar-refractivity contribution is -0.133. The molecule has 1 aromatic heterocycles. The van der Waals surface area contributed by atoms with Gasteiger partial charge in [-0.1, -0.05) is 30.3 Å². The molecule has 0 spiro atoms. The molecule has 2 heterocycles. The Bertz CT molecular complexity index is 868. The van der Waals surface area contributed by atoms with Crippen LogP contribution in [0.15, 0.2) is 30.3 Å². The SMILES string of the molecule is CC(C)n1c(C(=O)NCCc2ccccc2)nc2c1CCN(C(=O)C1CC1)C2. The van der Waals surface area contributed by atoms with Crippen molar-refractivity contribution in [3.05, 3.63) is 53.1 Å². The highest BCUT2D eigenvalue weighted by Gasteiger charge is 2.36. The Balaban J connectivity index is 1.47. The summed E-state index contributed by atoms with van der Waals surface area (Å²) in [7, 11) is 0. The molecule has 1 N–H and O–H groups in total. The van der Waals surface area contributed by atoms with Crippen molar-refractivity contribution < 1.29 is 9.59 Å². The number of imidazole rings is 1. The first-order valence-corrected chi connectivity index (χ1v) is 10.3. The summed E-state index contributed by atoms with van der Waals surface area (Å²) in [4.78, 5) is 31.8. The van der Waals surface area contributed by atoms with Gasteiger partial charge in [0.2, 0.25) is 5.91 Å². The van der Waals surface area contributed by atoms with Crippen LogP contribution < -0.4 is 5.32 Å². The lowest BCUT2D eigenvalue weighted by Crippen LogP contribution is -2.37. The van der Waals surface area contributed by atoms with E-state index in [2.05, 4.69) is 36.3 Å². The molecule has 1 aliphatic heterocycles. The third-order valence-corrected chi connectivity index (χ3v) is 5.55. The Labute approximate surface area is 165 Å². The number of fused-ring (bicyclic) bond motifs is 1. The molecule has 0 radical (unpaired) electrons. The maximum atomic E-state index is 12.8. The van der Waals surface area contributed by atoms with Gasteiger partial charge < -0.3 is 14.8 Å².